The van der Waals surface area contributed by atoms with Crippen molar-refractivity contribution in [3.05, 3.63) is 67.6 Å². The molecule has 3 rings (SSSR count). The minimum absolute atomic E-state index is 0.193. The summed E-state index contributed by atoms with van der Waals surface area (Å²) in [5.41, 5.74) is 2.34. The first-order chi connectivity index (χ1) is 10.6. The van der Waals surface area contributed by atoms with Crippen molar-refractivity contribution in [1.29, 1.82) is 5.26 Å². The number of hydrogen-bond donors (Lipinski definition) is 2. The van der Waals surface area contributed by atoms with E-state index in [-0.39, 0.29) is 11.1 Å². The van der Waals surface area contributed by atoms with Crippen molar-refractivity contribution >= 4 is 5.65 Å². The van der Waals surface area contributed by atoms with Crippen molar-refractivity contribution in [3.63, 3.8) is 0 Å². The second-order valence-electron chi connectivity index (χ2n) is 4.91. The fourth-order valence-electron chi connectivity index (χ4n) is 2.50. The molecule has 3 aromatic rings. The maximum absolute atomic E-state index is 12.5. The van der Waals surface area contributed by atoms with E-state index in [4.69, 9.17) is 5.26 Å². The number of fused-ring (bicyclic) bond motifs is 1. The van der Waals surface area contributed by atoms with Crippen molar-refractivity contribution in [2.24, 2.45) is 0 Å². The molecule has 3 aromatic heterocycles. The fourth-order valence-corrected chi connectivity index (χ4v) is 2.50. The van der Waals surface area contributed by atoms with Gasteiger partial charge in [0.2, 0.25) is 5.56 Å². The van der Waals surface area contributed by atoms with Crippen LogP contribution in [-0.2, 0) is 12.8 Å². The van der Waals surface area contributed by atoms with Gasteiger partial charge in [-0.25, -0.2) is 0 Å². The first kappa shape index (κ1) is 13.8. The van der Waals surface area contributed by atoms with Crippen LogP contribution in [0.4, 0.5) is 0 Å². The number of hydrogen-bond acceptors (Lipinski definition) is 4. The highest BCUT2D eigenvalue weighted by Gasteiger charge is 2.14. The molecule has 0 fully saturated rings. The largest absolute Gasteiger partial charge is 0.342 e. The van der Waals surface area contributed by atoms with Crippen molar-refractivity contribution in [2.75, 3.05) is 0 Å². The molecule has 7 nitrogen and oxygen atoms in total. The topological polar surface area (TPSA) is 107 Å². The molecule has 0 saturated carbocycles. The predicted octanol–water partition coefficient (Wildman–Crippen LogP) is 0.736. The standard InChI is InChI=1S/C15H13N5O2/c1-2-11-12(5-9-3-4-17-13(21)6-9)19-14-10(7-16)8-18-20(14)15(11)22/h3-4,6,8,19H,2,5H2,1H3,(H,17,21). The zero-order valence-corrected chi connectivity index (χ0v) is 11.9. The van der Waals surface area contributed by atoms with Gasteiger partial charge in [-0.15, -0.1) is 0 Å². The second-order valence-corrected chi connectivity index (χ2v) is 4.91. The molecule has 0 aliphatic rings. The number of nitriles is 1. The van der Waals surface area contributed by atoms with Gasteiger partial charge in [0.05, 0.1) is 6.20 Å². The summed E-state index contributed by atoms with van der Waals surface area (Å²) < 4.78 is 1.21. The first-order valence-corrected chi connectivity index (χ1v) is 6.83. The van der Waals surface area contributed by atoms with Crippen LogP contribution in [0.1, 0.15) is 29.3 Å². The number of aromatic amines is 2. The molecule has 0 amide bonds. The van der Waals surface area contributed by atoms with E-state index in [0.717, 1.165) is 5.56 Å². The van der Waals surface area contributed by atoms with Gasteiger partial charge in [0.25, 0.3) is 5.56 Å². The van der Waals surface area contributed by atoms with E-state index in [1.54, 1.807) is 12.3 Å². The van der Waals surface area contributed by atoms with Crippen LogP contribution in [0.5, 0.6) is 0 Å². The summed E-state index contributed by atoms with van der Waals surface area (Å²) in [5.74, 6) is 0. The molecular weight excluding hydrogens is 282 g/mol. The van der Waals surface area contributed by atoms with E-state index in [0.29, 0.717) is 35.3 Å². The quantitative estimate of drug-likeness (QED) is 0.743. The molecule has 0 atom stereocenters. The molecule has 0 aliphatic carbocycles. The van der Waals surface area contributed by atoms with Crippen LogP contribution in [-0.4, -0.2) is 19.6 Å². The molecule has 0 unspecified atom stereocenters. The predicted molar refractivity (Wildman–Crippen MR) is 79.8 cm³/mol. The molecule has 22 heavy (non-hydrogen) atoms. The molecular formula is C15H13N5O2. The lowest BCUT2D eigenvalue weighted by atomic mass is 10.1. The summed E-state index contributed by atoms with van der Waals surface area (Å²) in [6.07, 6.45) is 3.88. The highest BCUT2D eigenvalue weighted by Crippen LogP contribution is 2.12. The number of nitrogens with zero attached hydrogens (tertiary/aromatic N) is 3. The lowest BCUT2D eigenvalue weighted by Gasteiger charge is -2.08. The summed E-state index contributed by atoms with van der Waals surface area (Å²) in [6, 6.07) is 5.28. The van der Waals surface area contributed by atoms with Crippen LogP contribution >= 0.6 is 0 Å². The zero-order chi connectivity index (χ0) is 15.7. The smallest absolute Gasteiger partial charge is 0.277 e. The van der Waals surface area contributed by atoms with Gasteiger partial charge in [0, 0.05) is 29.9 Å². The first-order valence-electron chi connectivity index (χ1n) is 6.83. The molecule has 0 radical (unpaired) electrons. The Kier molecular flexibility index (Phi) is 3.35. The van der Waals surface area contributed by atoms with Crippen LogP contribution in [0.2, 0.25) is 0 Å². The monoisotopic (exact) mass is 295 g/mol. The van der Waals surface area contributed by atoms with Crippen molar-refractivity contribution in [2.45, 2.75) is 19.8 Å². The maximum Gasteiger partial charge on any atom is 0.277 e. The van der Waals surface area contributed by atoms with Gasteiger partial charge in [0.15, 0.2) is 5.65 Å². The third-order valence-corrected chi connectivity index (χ3v) is 3.55. The number of nitrogens with one attached hydrogen (secondary N) is 2. The van der Waals surface area contributed by atoms with Crippen LogP contribution < -0.4 is 11.1 Å². The van der Waals surface area contributed by atoms with E-state index in [9.17, 15) is 9.59 Å². The highest BCUT2D eigenvalue weighted by molar-refractivity contribution is 5.54. The van der Waals surface area contributed by atoms with Gasteiger partial charge in [0.1, 0.15) is 11.6 Å². The van der Waals surface area contributed by atoms with Gasteiger partial charge in [-0.1, -0.05) is 6.92 Å². The average Bonchev–Trinajstić information content (AvgIpc) is 2.91. The lowest BCUT2D eigenvalue weighted by Crippen LogP contribution is -2.23. The number of rotatable bonds is 3. The van der Waals surface area contributed by atoms with Crippen molar-refractivity contribution in [1.82, 2.24) is 19.6 Å². The van der Waals surface area contributed by atoms with E-state index < -0.39 is 0 Å². The number of aromatic nitrogens is 4. The molecule has 0 bridgehead atoms. The van der Waals surface area contributed by atoms with Crippen LogP contribution in [0.15, 0.2) is 34.1 Å². The second kappa shape index (κ2) is 5.33. The van der Waals surface area contributed by atoms with E-state index in [1.807, 2.05) is 13.0 Å². The van der Waals surface area contributed by atoms with Gasteiger partial charge in [-0.2, -0.15) is 14.9 Å². The average molecular weight is 295 g/mol. The fraction of sp³-hybridized carbons (Fsp3) is 0.200. The molecule has 110 valence electrons. The minimum atomic E-state index is -0.238. The summed E-state index contributed by atoms with van der Waals surface area (Å²) in [7, 11) is 0. The Morgan fingerprint density at radius 2 is 2.23 bits per heavy atom. The molecule has 7 heteroatoms. The van der Waals surface area contributed by atoms with Gasteiger partial charge in [-0.05, 0) is 18.1 Å². The Morgan fingerprint density at radius 1 is 1.41 bits per heavy atom. The van der Waals surface area contributed by atoms with Crippen LogP contribution in [0, 0.1) is 11.3 Å². The summed E-state index contributed by atoms with van der Waals surface area (Å²) in [4.78, 5) is 29.5. The number of H-pyrrole nitrogens is 2. The molecule has 3 heterocycles. The maximum atomic E-state index is 12.5. The van der Waals surface area contributed by atoms with Crippen LogP contribution in [0.3, 0.4) is 0 Å². The van der Waals surface area contributed by atoms with Gasteiger partial charge in [-0.3, -0.25) is 9.59 Å². The summed E-state index contributed by atoms with van der Waals surface area (Å²) in [6.45, 7) is 1.88. The lowest BCUT2D eigenvalue weighted by molar-refractivity contribution is 0.840. The number of pyridine rings is 1. The van der Waals surface area contributed by atoms with E-state index >= 15 is 0 Å². The minimum Gasteiger partial charge on any atom is -0.342 e. The van der Waals surface area contributed by atoms with Gasteiger partial charge < -0.3 is 9.97 Å². The zero-order valence-electron chi connectivity index (χ0n) is 11.9. The van der Waals surface area contributed by atoms with E-state index in [1.165, 1.54) is 16.8 Å². The SMILES string of the molecule is CCc1c(Cc2cc[nH]c(=O)c2)[nH]c2c(C#N)cnn2c1=O. The third kappa shape index (κ3) is 2.20. The summed E-state index contributed by atoms with van der Waals surface area (Å²) in [5, 5.41) is 13.0. The Balaban J connectivity index is 2.21. The molecule has 2 N–H and O–H groups in total. The molecule has 0 aliphatic heterocycles. The molecule has 0 aromatic carbocycles. The Bertz CT molecular complexity index is 1000. The Labute approximate surface area is 124 Å². The van der Waals surface area contributed by atoms with Crippen molar-refractivity contribution in [3.8, 4) is 6.07 Å². The normalized spacial score (nSPS) is 10.7. The van der Waals surface area contributed by atoms with Crippen molar-refractivity contribution < 1.29 is 0 Å². The van der Waals surface area contributed by atoms with E-state index in [2.05, 4.69) is 15.1 Å². The van der Waals surface area contributed by atoms with Gasteiger partial charge >= 0.3 is 0 Å². The summed E-state index contributed by atoms with van der Waals surface area (Å²) >= 11 is 0. The Hall–Kier alpha value is -3.14. The third-order valence-electron chi connectivity index (χ3n) is 3.55. The Morgan fingerprint density at radius 3 is 2.91 bits per heavy atom. The highest BCUT2D eigenvalue weighted by atomic mass is 16.1. The molecule has 0 spiro atoms. The van der Waals surface area contributed by atoms with Crippen LogP contribution in [0.25, 0.3) is 5.65 Å². The molecule has 0 saturated heterocycles.